The van der Waals surface area contributed by atoms with Crippen molar-refractivity contribution in [2.45, 2.75) is 93.2 Å². The van der Waals surface area contributed by atoms with Crippen LogP contribution in [0.25, 0.3) is 22.3 Å². The van der Waals surface area contributed by atoms with E-state index in [2.05, 4.69) is 131 Å². The third-order valence-electron chi connectivity index (χ3n) is 10.7. The smallest absolute Gasteiger partial charge is 0.0448 e. The Morgan fingerprint density at radius 3 is 1.59 bits per heavy atom. The molecule has 3 aromatic carbocycles. The van der Waals surface area contributed by atoms with Crippen molar-refractivity contribution in [3.8, 4) is 22.3 Å². The molecule has 46 heavy (non-hydrogen) atoms. The van der Waals surface area contributed by atoms with Crippen LogP contribution in [0.15, 0.2) is 85.5 Å². The Bertz CT molecular complexity index is 1800. The van der Waals surface area contributed by atoms with Crippen LogP contribution in [0.5, 0.6) is 0 Å². The number of hydrogen-bond donors (Lipinski definition) is 0. The lowest BCUT2D eigenvalue weighted by molar-refractivity contribution is 0.312. The minimum Gasteiger partial charge on any atom is -0.364 e. The molecule has 0 unspecified atom stereocenters. The molecule has 1 fully saturated rings. The minimum atomic E-state index is 0.507. The van der Waals surface area contributed by atoms with Gasteiger partial charge in [0.05, 0.1) is 0 Å². The fourth-order valence-corrected chi connectivity index (χ4v) is 7.38. The summed E-state index contributed by atoms with van der Waals surface area (Å²) in [5, 5.41) is 0. The molecule has 3 nitrogen and oxygen atoms in total. The summed E-state index contributed by atoms with van der Waals surface area (Å²) in [5.74, 6) is 0.687. The highest BCUT2D eigenvalue weighted by atomic mass is 15.2. The van der Waals surface area contributed by atoms with Crippen LogP contribution in [0, 0.1) is 54.4 Å². The standard InChI is InChI=1S/C43H49N3/c1-28-10-8-9-11-43(28)46(27-37-22-41(26-45-24-37)39-18-31(4)34(7)32(5)19-39)42-14-12-35(13-15-42)20-36-21-40(25-44-23-36)38-16-29(2)33(6)30(3)17-38/h8-11,16-19,21-26,35,42H,12-15,20,27H2,1-7H3. The normalized spacial score (nSPS) is 16.4. The first-order valence-corrected chi connectivity index (χ1v) is 17.0. The molecule has 6 rings (SSSR count). The fourth-order valence-electron chi connectivity index (χ4n) is 7.38. The molecule has 1 saturated carbocycles. The molecule has 236 valence electrons. The third kappa shape index (κ3) is 6.94. The van der Waals surface area contributed by atoms with Gasteiger partial charge < -0.3 is 4.90 Å². The molecule has 1 aliphatic carbocycles. The monoisotopic (exact) mass is 607 g/mol. The zero-order valence-electron chi connectivity index (χ0n) is 28.8. The van der Waals surface area contributed by atoms with Crippen molar-refractivity contribution in [2.24, 2.45) is 5.92 Å². The van der Waals surface area contributed by atoms with Crippen LogP contribution >= 0.6 is 0 Å². The average molecular weight is 608 g/mol. The van der Waals surface area contributed by atoms with Gasteiger partial charge in [-0.2, -0.15) is 0 Å². The molecular formula is C43H49N3. The van der Waals surface area contributed by atoms with Crippen LogP contribution in [0.2, 0.25) is 0 Å². The number of benzene rings is 3. The van der Waals surface area contributed by atoms with Crippen molar-refractivity contribution in [3.05, 3.63) is 136 Å². The molecule has 1 aliphatic rings. The second-order valence-corrected chi connectivity index (χ2v) is 13.9. The van der Waals surface area contributed by atoms with Crippen molar-refractivity contribution in [1.82, 2.24) is 9.97 Å². The number of hydrogen-bond acceptors (Lipinski definition) is 3. The summed E-state index contributed by atoms with van der Waals surface area (Å²) >= 11 is 0. The predicted molar refractivity (Wildman–Crippen MR) is 195 cm³/mol. The summed E-state index contributed by atoms with van der Waals surface area (Å²) in [7, 11) is 0. The molecule has 0 saturated heterocycles. The van der Waals surface area contributed by atoms with E-state index in [1.165, 1.54) is 104 Å². The lowest BCUT2D eigenvalue weighted by Crippen LogP contribution is -2.38. The van der Waals surface area contributed by atoms with Crippen LogP contribution in [0.1, 0.15) is 75.8 Å². The fraction of sp³-hybridized carbons (Fsp3) is 0.349. The van der Waals surface area contributed by atoms with Crippen molar-refractivity contribution in [1.29, 1.82) is 0 Å². The maximum atomic E-state index is 4.73. The Hall–Kier alpha value is -4.24. The second-order valence-electron chi connectivity index (χ2n) is 13.9. The molecule has 2 heterocycles. The van der Waals surface area contributed by atoms with E-state index in [1.54, 1.807) is 0 Å². The van der Waals surface area contributed by atoms with Gasteiger partial charge in [0.2, 0.25) is 0 Å². The zero-order valence-corrected chi connectivity index (χ0v) is 28.8. The van der Waals surface area contributed by atoms with Gasteiger partial charge >= 0.3 is 0 Å². The largest absolute Gasteiger partial charge is 0.364 e. The summed E-state index contributed by atoms with van der Waals surface area (Å²) in [6.45, 7) is 16.4. The lowest BCUT2D eigenvalue weighted by atomic mass is 9.81. The summed E-state index contributed by atoms with van der Waals surface area (Å²) in [6.07, 6.45) is 14.2. The molecular weight excluding hydrogens is 558 g/mol. The van der Waals surface area contributed by atoms with Gasteiger partial charge in [-0.1, -0.05) is 42.5 Å². The van der Waals surface area contributed by atoms with Crippen LogP contribution in [-0.4, -0.2) is 16.0 Å². The van der Waals surface area contributed by atoms with Crippen molar-refractivity contribution < 1.29 is 0 Å². The molecule has 0 spiro atoms. The summed E-state index contributed by atoms with van der Waals surface area (Å²) in [4.78, 5) is 12.1. The molecule has 0 atom stereocenters. The summed E-state index contributed by atoms with van der Waals surface area (Å²) in [5.41, 5.74) is 18.4. The number of nitrogens with zero attached hydrogens (tertiary/aromatic N) is 3. The molecule has 2 aromatic heterocycles. The van der Waals surface area contributed by atoms with Gasteiger partial charge in [-0.05, 0) is 166 Å². The highest BCUT2D eigenvalue weighted by molar-refractivity contribution is 5.67. The second kappa shape index (κ2) is 13.6. The summed E-state index contributed by atoms with van der Waals surface area (Å²) < 4.78 is 0. The van der Waals surface area contributed by atoms with Gasteiger partial charge in [-0.3, -0.25) is 9.97 Å². The van der Waals surface area contributed by atoms with E-state index in [9.17, 15) is 0 Å². The summed E-state index contributed by atoms with van der Waals surface area (Å²) in [6, 6.07) is 23.3. The molecule has 0 amide bonds. The quantitative estimate of drug-likeness (QED) is 0.176. The molecule has 3 heteroatoms. The van der Waals surface area contributed by atoms with Gasteiger partial charge in [0, 0.05) is 54.2 Å². The van der Waals surface area contributed by atoms with Gasteiger partial charge in [-0.25, -0.2) is 0 Å². The van der Waals surface area contributed by atoms with E-state index in [0.29, 0.717) is 12.0 Å². The Morgan fingerprint density at radius 2 is 1.04 bits per heavy atom. The third-order valence-corrected chi connectivity index (χ3v) is 10.7. The van der Waals surface area contributed by atoms with E-state index in [1.807, 2.05) is 12.4 Å². The van der Waals surface area contributed by atoms with Gasteiger partial charge in [0.25, 0.3) is 0 Å². The highest BCUT2D eigenvalue weighted by Crippen LogP contribution is 2.36. The van der Waals surface area contributed by atoms with E-state index >= 15 is 0 Å². The SMILES string of the molecule is Cc1ccccc1N(Cc1cncc(-c2cc(C)c(C)c(C)c2)c1)C1CCC(Cc2cncc(-c3cc(C)c(C)c(C)c3)c2)CC1. The minimum absolute atomic E-state index is 0.507. The first kappa shape index (κ1) is 31.7. The maximum Gasteiger partial charge on any atom is 0.0448 e. The predicted octanol–water partition coefficient (Wildman–Crippen LogP) is 10.8. The van der Waals surface area contributed by atoms with Crippen molar-refractivity contribution >= 4 is 5.69 Å². The number of rotatable bonds is 8. The van der Waals surface area contributed by atoms with Gasteiger partial charge in [0.15, 0.2) is 0 Å². The number of pyridine rings is 2. The Kier molecular flexibility index (Phi) is 9.40. The van der Waals surface area contributed by atoms with E-state index in [4.69, 9.17) is 4.98 Å². The molecule has 0 bridgehead atoms. The number of aryl methyl sites for hydroxylation is 5. The molecule has 0 N–H and O–H groups in total. The first-order valence-electron chi connectivity index (χ1n) is 17.0. The van der Waals surface area contributed by atoms with Crippen LogP contribution in [-0.2, 0) is 13.0 Å². The number of para-hydroxylation sites is 1. The van der Waals surface area contributed by atoms with Crippen molar-refractivity contribution in [3.63, 3.8) is 0 Å². The average Bonchev–Trinajstić information content (AvgIpc) is 3.05. The lowest BCUT2D eigenvalue weighted by Gasteiger charge is -2.39. The van der Waals surface area contributed by atoms with Gasteiger partial charge in [-0.15, -0.1) is 0 Å². The van der Waals surface area contributed by atoms with E-state index in [0.717, 1.165) is 13.0 Å². The van der Waals surface area contributed by atoms with Crippen LogP contribution in [0.3, 0.4) is 0 Å². The van der Waals surface area contributed by atoms with Crippen LogP contribution < -0.4 is 4.90 Å². The maximum absolute atomic E-state index is 4.73. The Morgan fingerprint density at radius 1 is 0.543 bits per heavy atom. The number of aromatic nitrogens is 2. The highest BCUT2D eigenvalue weighted by Gasteiger charge is 2.27. The van der Waals surface area contributed by atoms with E-state index < -0.39 is 0 Å². The zero-order chi connectivity index (χ0) is 32.4. The molecule has 5 aromatic rings. The van der Waals surface area contributed by atoms with Crippen LogP contribution in [0.4, 0.5) is 5.69 Å². The van der Waals surface area contributed by atoms with Gasteiger partial charge in [0.1, 0.15) is 0 Å². The van der Waals surface area contributed by atoms with E-state index in [-0.39, 0.29) is 0 Å². The number of anilines is 1. The molecule has 0 radical (unpaired) electrons. The first-order chi connectivity index (χ1) is 22.2. The topological polar surface area (TPSA) is 29.0 Å². The Balaban J connectivity index is 1.18. The molecule has 0 aliphatic heterocycles. The van der Waals surface area contributed by atoms with Crippen molar-refractivity contribution in [2.75, 3.05) is 4.90 Å². The Labute approximate surface area is 276 Å².